The number of aliphatic hydroxyl groups is 1. The zero-order valence-corrected chi connectivity index (χ0v) is 15.7. The van der Waals surface area contributed by atoms with Gasteiger partial charge in [0.2, 0.25) is 0 Å². The Balaban J connectivity index is 5.60. The van der Waals surface area contributed by atoms with Crippen molar-refractivity contribution in [2.75, 3.05) is 0 Å². The van der Waals surface area contributed by atoms with Crippen LogP contribution in [0.25, 0.3) is 0 Å². The lowest BCUT2D eigenvalue weighted by Crippen LogP contribution is -2.53. The van der Waals surface area contributed by atoms with Crippen LogP contribution in [-0.4, -0.2) is 29.0 Å². The number of rotatable bonds is 4. The lowest BCUT2D eigenvalue weighted by molar-refractivity contribution is -0.259. The van der Waals surface area contributed by atoms with E-state index >= 15 is 0 Å². The number of esters is 1. The molecular formula is C17H31F3O3. The van der Waals surface area contributed by atoms with Crippen LogP contribution < -0.4 is 0 Å². The van der Waals surface area contributed by atoms with Crippen LogP contribution in [0, 0.1) is 16.2 Å². The topological polar surface area (TPSA) is 46.5 Å². The van der Waals surface area contributed by atoms with Gasteiger partial charge >= 0.3 is 12.1 Å². The second kappa shape index (κ2) is 6.26. The molecule has 0 aromatic heterocycles. The maximum Gasteiger partial charge on any atom is 0.418 e. The summed E-state index contributed by atoms with van der Waals surface area (Å²) in [5.41, 5.74) is -3.78. The van der Waals surface area contributed by atoms with Gasteiger partial charge in [0, 0.05) is 0 Å². The van der Waals surface area contributed by atoms with Crippen molar-refractivity contribution < 1.29 is 27.8 Å². The van der Waals surface area contributed by atoms with E-state index in [1.165, 1.54) is 0 Å². The molecule has 0 aliphatic heterocycles. The van der Waals surface area contributed by atoms with E-state index in [0.29, 0.717) is 6.42 Å². The molecule has 0 saturated carbocycles. The van der Waals surface area contributed by atoms with Crippen LogP contribution in [0.1, 0.15) is 68.7 Å². The molecule has 0 spiro atoms. The average molecular weight is 340 g/mol. The zero-order chi connectivity index (χ0) is 19.1. The highest BCUT2D eigenvalue weighted by Gasteiger charge is 2.54. The minimum absolute atomic E-state index is 0.214. The van der Waals surface area contributed by atoms with Gasteiger partial charge in [-0.15, -0.1) is 0 Å². The van der Waals surface area contributed by atoms with Crippen molar-refractivity contribution in [3.8, 4) is 0 Å². The molecule has 2 unspecified atom stereocenters. The molecule has 3 nitrogen and oxygen atoms in total. The van der Waals surface area contributed by atoms with Gasteiger partial charge in [-0.25, -0.2) is 0 Å². The first-order chi connectivity index (χ1) is 9.74. The van der Waals surface area contributed by atoms with Crippen molar-refractivity contribution in [2.24, 2.45) is 16.2 Å². The lowest BCUT2D eigenvalue weighted by Gasteiger charge is -2.45. The third-order valence-electron chi connectivity index (χ3n) is 4.31. The van der Waals surface area contributed by atoms with Gasteiger partial charge in [-0.05, 0) is 38.0 Å². The summed E-state index contributed by atoms with van der Waals surface area (Å²) >= 11 is 0. The van der Waals surface area contributed by atoms with Crippen molar-refractivity contribution in [3.63, 3.8) is 0 Å². The zero-order valence-electron chi connectivity index (χ0n) is 15.7. The molecule has 0 rings (SSSR count). The van der Waals surface area contributed by atoms with E-state index in [4.69, 9.17) is 4.74 Å². The Morgan fingerprint density at radius 2 is 1.35 bits per heavy atom. The summed E-state index contributed by atoms with van der Waals surface area (Å²) in [5, 5.41) is 9.46. The predicted molar refractivity (Wildman–Crippen MR) is 83.9 cm³/mol. The largest absolute Gasteiger partial charge is 0.456 e. The van der Waals surface area contributed by atoms with Crippen LogP contribution >= 0.6 is 0 Å². The van der Waals surface area contributed by atoms with Crippen LogP contribution in [-0.2, 0) is 9.53 Å². The predicted octanol–water partition coefficient (Wildman–Crippen LogP) is 4.72. The monoisotopic (exact) mass is 340 g/mol. The Bertz CT molecular complexity index is 428. The maximum absolute atomic E-state index is 12.8. The van der Waals surface area contributed by atoms with Crippen molar-refractivity contribution >= 4 is 5.97 Å². The molecule has 0 aliphatic rings. The van der Waals surface area contributed by atoms with E-state index in [2.05, 4.69) is 0 Å². The van der Waals surface area contributed by atoms with Crippen molar-refractivity contribution in [1.82, 2.24) is 0 Å². The molecule has 0 radical (unpaired) electrons. The van der Waals surface area contributed by atoms with E-state index in [1.807, 2.05) is 41.5 Å². The second-order valence-electron chi connectivity index (χ2n) is 9.26. The van der Waals surface area contributed by atoms with Gasteiger partial charge < -0.3 is 9.84 Å². The van der Waals surface area contributed by atoms with Crippen molar-refractivity contribution in [3.05, 3.63) is 0 Å². The molecule has 138 valence electrons. The summed E-state index contributed by atoms with van der Waals surface area (Å²) < 4.78 is 43.4. The fourth-order valence-corrected chi connectivity index (χ4v) is 2.51. The summed E-state index contributed by atoms with van der Waals surface area (Å²) in [6, 6.07) is 0. The number of carbonyl (C=O) groups is 1. The van der Waals surface area contributed by atoms with Gasteiger partial charge in [0.15, 0.2) is 6.10 Å². The van der Waals surface area contributed by atoms with E-state index in [1.54, 1.807) is 6.92 Å². The molecule has 0 saturated heterocycles. The van der Waals surface area contributed by atoms with Crippen LogP contribution in [0.4, 0.5) is 13.2 Å². The Morgan fingerprint density at radius 3 is 1.61 bits per heavy atom. The first-order valence-electron chi connectivity index (χ1n) is 7.72. The fraction of sp³-hybridized carbons (Fsp3) is 0.941. The van der Waals surface area contributed by atoms with E-state index in [9.17, 15) is 23.1 Å². The van der Waals surface area contributed by atoms with Gasteiger partial charge in [0.25, 0.3) is 0 Å². The SMILES string of the molecule is CC(C)(C)CC(C)(C(=O)OC(C)(C)C(O)C(F)(F)F)C(C)(C)C. The maximum atomic E-state index is 12.8. The molecular weight excluding hydrogens is 309 g/mol. The third-order valence-corrected chi connectivity index (χ3v) is 4.31. The third kappa shape index (κ3) is 5.66. The summed E-state index contributed by atoms with van der Waals surface area (Å²) in [6.07, 6.45) is -7.15. The number of carbonyl (C=O) groups excluding carboxylic acids is 1. The Labute approximate surface area is 137 Å². The molecule has 23 heavy (non-hydrogen) atoms. The molecule has 0 amide bonds. The van der Waals surface area contributed by atoms with Crippen LogP contribution in [0.3, 0.4) is 0 Å². The molecule has 6 heteroatoms. The number of hydrogen-bond donors (Lipinski definition) is 1. The number of alkyl halides is 3. The highest BCUT2D eigenvalue weighted by molar-refractivity contribution is 5.78. The van der Waals surface area contributed by atoms with Crippen LogP contribution in [0.5, 0.6) is 0 Å². The van der Waals surface area contributed by atoms with Gasteiger partial charge in [-0.2, -0.15) is 13.2 Å². The van der Waals surface area contributed by atoms with Gasteiger partial charge in [0.05, 0.1) is 5.41 Å². The van der Waals surface area contributed by atoms with E-state index in [-0.39, 0.29) is 5.41 Å². The first-order valence-corrected chi connectivity index (χ1v) is 7.72. The smallest absolute Gasteiger partial charge is 0.418 e. The second-order valence-corrected chi connectivity index (χ2v) is 9.26. The van der Waals surface area contributed by atoms with E-state index < -0.39 is 34.7 Å². The Morgan fingerprint density at radius 1 is 0.957 bits per heavy atom. The number of ether oxygens (including phenoxy) is 1. The Kier molecular flexibility index (Phi) is 6.05. The molecule has 0 heterocycles. The molecule has 0 aromatic rings. The first kappa shape index (κ1) is 22.2. The highest BCUT2D eigenvalue weighted by atomic mass is 19.4. The van der Waals surface area contributed by atoms with Crippen LogP contribution in [0.15, 0.2) is 0 Å². The quantitative estimate of drug-likeness (QED) is 0.753. The minimum Gasteiger partial charge on any atom is -0.456 e. The summed E-state index contributed by atoms with van der Waals surface area (Å²) in [4.78, 5) is 12.7. The number of halogens is 3. The van der Waals surface area contributed by atoms with Crippen molar-refractivity contribution in [1.29, 1.82) is 0 Å². The van der Waals surface area contributed by atoms with Crippen LogP contribution in [0.2, 0.25) is 0 Å². The normalized spacial score (nSPS) is 18.3. The van der Waals surface area contributed by atoms with E-state index in [0.717, 1.165) is 13.8 Å². The molecule has 0 fully saturated rings. The molecule has 0 aromatic carbocycles. The fourth-order valence-electron chi connectivity index (χ4n) is 2.51. The molecule has 2 atom stereocenters. The summed E-state index contributed by atoms with van der Waals surface area (Å²) in [7, 11) is 0. The Hall–Kier alpha value is -0.780. The summed E-state index contributed by atoms with van der Waals surface area (Å²) in [6.45, 7) is 15.3. The lowest BCUT2D eigenvalue weighted by atomic mass is 9.61. The molecule has 0 bridgehead atoms. The average Bonchev–Trinajstić information content (AvgIpc) is 2.21. The standard InChI is InChI=1S/C17H31F3O3/c1-13(2,3)10-16(9,14(4,5)6)12(22)23-15(7,8)11(21)17(18,19)20/h11,21H,10H2,1-9H3. The van der Waals surface area contributed by atoms with Gasteiger partial charge in [0.1, 0.15) is 5.60 Å². The minimum atomic E-state index is -4.86. The highest BCUT2D eigenvalue weighted by Crippen LogP contribution is 2.48. The number of hydrogen-bond acceptors (Lipinski definition) is 3. The van der Waals surface area contributed by atoms with Crippen molar-refractivity contribution in [2.45, 2.75) is 86.6 Å². The molecule has 0 aliphatic carbocycles. The molecule has 1 N–H and O–H groups in total. The van der Waals surface area contributed by atoms with Gasteiger partial charge in [-0.3, -0.25) is 4.79 Å². The number of aliphatic hydroxyl groups excluding tert-OH is 1. The van der Waals surface area contributed by atoms with Gasteiger partial charge in [-0.1, -0.05) is 41.5 Å². The summed E-state index contributed by atoms with van der Waals surface area (Å²) in [5.74, 6) is -0.728.